The Hall–Kier alpha value is -3.56. The molecule has 0 bridgehead atoms. The van der Waals surface area contributed by atoms with Gasteiger partial charge in [0.05, 0.1) is 22.7 Å². The molecule has 47 heavy (non-hydrogen) atoms. The number of aliphatic carboxylic acids is 1. The molecule has 2 aliphatic rings. The summed E-state index contributed by atoms with van der Waals surface area (Å²) in [5, 5.41) is 16.2. The van der Waals surface area contributed by atoms with Crippen molar-refractivity contribution in [1.82, 2.24) is 20.1 Å². The number of hydrogen-bond donors (Lipinski definition) is 1. The zero-order valence-electron chi connectivity index (χ0n) is 27.4. The number of carbonyl (C=O) groups is 3. The van der Waals surface area contributed by atoms with Gasteiger partial charge in [-0.05, 0) is 37.3 Å². The van der Waals surface area contributed by atoms with Gasteiger partial charge in [0.15, 0.2) is 0 Å². The SMILES string of the molecule is C[C@H](NC(=O)c1c(CN2CCN(C(=O)C(C(=O)[O-])c3ccccc3)CC2)c(-c2ccccc2)nc2ccccc12)C1CCCCC1.[Na+]. The largest absolute Gasteiger partial charge is 1.00 e. The van der Waals surface area contributed by atoms with Crippen LogP contribution in [0.3, 0.4) is 0 Å². The molecule has 1 N–H and O–H groups in total. The number of rotatable bonds is 9. The molecule has 2 heterocycles. The quantitative estimate of drug-likeness (QED) is 0.221. The Balaban J connectivity index is 0.00000433. The first-order valence-electron chi connectivity index (χ1n) is 16.5. The molecular weight excluding hydrogens is 599 g/mol. The minimum atomic E-state index is -1.40. The van der Waals surface area contributed by atoms with E-state index in [1.165, 1.54) is 19.3 Å². The molecule has 9 heteroatoms. The van der Waals surface area contributed by atoms with Crippen molar-refractivity contribution in [2.75, 3.05) is 26.2 Å². The number of fused-ring (bicyclic) bond motifs is 1. The van der Waals surface area contributed by atoms with Crippen molar-refractivity contribution in [3.05, 3.63) is 102 Å². The zero-order valence-corrected chi connectivity index (χ0v) is 29.4. The Labute approximate surface area is 298 Å². The van der Waals surface area contributed by atoms with Crippen LogP contribution in [0.15, 0.2) is 84.9 Å². The first-order valence-corrected chi connectivity index (χ1v) is 16.5. The van der Waals surface area contributed by atoms with Crippen molar-refractivity contribution in [3.63, 3.8) is 0 Å². The van der Waals surface area contributed by atoms with Crippen LogP contribution in [0.4, 0.5) is 0 Å². The van der Waals surface area contributed by atoms with Crippen molar-refractivity contribution < 1.29 is 49.0 Å². The summed E-state index contributed by atoms with van der Waals surface area (Å²) in [7, 11) is 0. The number of nitrogens with one attached hydrogen (secondary N) is 1. The van der Waals surface area contributed by atoms with Gasteiger partial charge in [-0.3, -0.25) is 14.5 Å². The van der Waals surface area contributed by atoms with E-state index in [1.807, 2.05) is 54.6 Å². The number of benzene rings is 3. The number of carboxylic acid groups (broad SMARTS) is 1. The third-order valence-electron chi connectivity index (χ3n) is 9.66. The minimum Gasteiger partial charge on any atom is -0.549 e. The molecule has 6 rings (SSSR count). The fourth-order valence-electron chi connectivity index (χ4n) is 7.09. The van der Waals surface area contributed by atoms with Crippen LogP contribution in [-0.4, -0.2) is 64.8 Å². The maximum Gasteiger partial charge on any atom is 1.00 e. The molecule has 238 valence electrons. The van der Waals surface area contributed by atoms with Crippen LogP contribution < -0.4 is 40.0 Å². The van der Waals surface area contributed by atoms with Gasteiger partial charge in [-0.2, -0.15) is 0 Å². The van der Waals surface area contributed by atoms with E-state index < -0.39 is 17.8 Å². The molecule has 2 fully saturated rings. The first kappa shape index (κ1) is 34.8. The Morgan fingerprint density at radius 1 is 0.851 bits per heavy atom. The number of nitrogens with zero attached hydrogens (tertiary/aromatic N) is 3. The van der Waals surface area contributed by atoms with Gasteiger partial charge in [-0.25, -0.2) is 4.98 Å². The molecular formula is C38H41N4NaO4. The second kappa shape index (κ2) is 16.0. The standard InChI is InChI=1S/C38H42N4O4.Na/c1-26(27-13-5-2-6-14-27)39-36(43)34-30-19-11-12-20-32(30)40-35(29-17-9-4-10-18-29)31(34)25-41-21-23-42(24-22-41)37(44)33(38(45)46)28-15-7-3-8-16-28;/h3-4,7-12,15-20,26-27,33H,2,5-6,13-14,21-25H2,1H3,(H,39,43)(H,45,46);/q;+1/p-1/t26-,33?;/m0./s1. The summed E-state index contributed by atoms with van der Waals surface area (Å²) in [5.41, 5.74) is 4.40. The van der Waals surface area contributed by atoms with Gasteiger partial charge in [0.1, 0.15) is 5.92 Å². The number of hydrogen-bond acceptors (Lipinski definition) is 6. The van der Waals surface area contributed by atoms with E-state index in [1.54, 1.807) is 35.2 Å². The summed E-state index contributed by atoms with van der Waals surface area (Å²) in [5.74, 6) is -2.82. The smallest absolute Gasteiger partial charge is 0.549 e. The van der Waals surface area contributed by atoms with E-state index in [4.69, 9.17) is 4.98 Å². The molecule has 1 saturated carbocycles. The topological polar surface area (TPSA) is 106 Å². The zero-order chi connectivity index (χ0) is 32.0. The fourth-order valence-corrected chi connectivity index (χ4v) is 7.09. The fraction of sp³-hybridized carbons (Fsp3) is 0.368. The van der Waals surface area contributed by atoms with E-state index >= 15 is 0 Å². The first-order chi connectivity index (χ1) is 22.4. The van der Waals surface area contributed by atoms with E-state index in [0.29, 0.717) is 49.8 Å². The van der Waals surface area contributed by atoms with Crippen LogP contribution in [0.1, 0.15) is 66.4 Å². The number of carbonyl (C=O) groups excluding carboxylic acids is 3. The summed E-state index contributed by atoms with van der Waals surface area (Å²) < 4.78 is 0. The molecule has 1 aliphatic heterocycles. The van der Waals surface area contributed by atoms with Crippen molar-refractivity contribution >= 4 is 28.7 Å². The summed E-state index contributed by atoms with van der Waals surface area (Å²) >= 11 is 0. The van der Waals surface area contributed by atoms with Crippen molar-refractivity contribution in [3.8, 4) is 11.3 Å². The van der Waals surface area contributed by atoms with Crippen LogP contribution in [0.25, 0.3) is 22.2 Å². The molecule has 3 aromatic carbocycles. The Kier molecular flexibility index (Phi) is 11.9. The van der Waals surface area contributed by atoms with E-state index in [2.05, 4.69) is 17.1 Å². The van der Waals surface area contributed by atoms with Gasteiger partial charge in [-0.15, -0.1) is 0 Å². The van der Waals surface area contributed by atoms with Gasteiger partial charge >= 0.3 is 29.6 Å². The minimum absolute atomic E-state index is 0. The van der Waals surface area contributed by atoms with Gasteiger partial charge in [0.2, 0.25) is 5.91 Å². The van der Waals surface area contributed by atoms with E-state index in [9.17, 15) is 19.5 Å². The number of para-hydroxylation sites is 1. The molecule has 0 spiro atoms. The molecule has 1 aliphatic carbocycles. The summed E-state index contributed by atoms with van der Waals surface area (Å²) in [6.45, 7) is 4.39. The molecule has 4 aromatic rings. The predicted molar refractivity (Wildman–Crippen MR) is 177 cm³/mol. The maximum atomic E-state index is 14.3. The summed E-state index contributed by atoms with van der Waals surface area (Å²) in [4.78, 5) is 48.7. The number of carboxylic acids is 1. The van der Waals surface area contributed by atoms with Crippen LogP contribution in [0.5, 0.6) is 0 Å². The predicted octanol–water partition coefficient (Wildman–Crippen LogP) is 1.78. The molecule has 2 atom stereocenters. The van der Waals surface area contributed by atoms with Crippen LogP contribution in [0.2, 0.25) is 0 Å². The molecule has 1 aromatic heterocycles. The van der Waals surface area contributed by atoms with Crippen molar-refractivity contribution in [1.29, 1.82) is 0 Å². The third kappa shape index (κ3) is 7.95. The van der Waals surface area contributed by atoms with Gasteiger partial charge < -0.3 is 20.1 Å². The van der Waals surface area contributed by atoms with E-state index in [-0.39, 0.29) is 41.5 Å². The normalized spacial score (nSPS) is 17.0. The molecule has 1 unspecified atom stereocenters. The monoisotopic (exact) mass is 640 g/mol. The maximum absolute atomic E-state index is 14.3. The van der Waals surface area contributed by atoms with Crippen molar-refractivity contribution in [2.24, 2.45) is 5.92 Å². The Bertz CT molecular complexity index is 1690. The number of piperazine rings is 1. The van der Waals surface area contributed by atoms with Gasteiger partial charge in [0, 0.05) is 55.3 Å². The third-order valence-corrected chi connectivity index (χ3v) is 9.66. The average molecular weight is 641 g/mol. The van der Waals surface area contributed by atoms with Crippen LogP contribution >= 0.6 is 0 Å². The Morgan fingerprint density at radius 2 is 1.47 bits per heavy atom. The van der Waals surface area contributed by atoms with Gasteiger partial charge in [0.25, 0.3) is 5.91 Å². The number of amides is 2. The summed E-state index contributed by atoms with van der Waals surface area (Å²) in [6, 6.07) is 26.4. The van der Waals surface area contributed by atoms with Crippen molar-refractivity contribution in [2.45, 2.75) is 57.5 Å². The van der Waals surface area contributed by atoms with Crippen LogP contribution in [0, 0.1) is 5.92 Å². The number of aromatic nitrogens is 1. The van der Waals surface area contributed by atoms with Gasteiger partial charge in [-0.1, -0.05) is 98.1 Å². The molecule has 0 radical (unpaired) electrons. The molecule has 2 amide bonds. The second-order valence-electron chi connectivity index (χ2n) is 12.6. The average Bonchev–Trinajstić information content (AvgIpc) is 3.09. The molecule has 1 saturated heterocycles. The van der Waals surface area contributed by atoms with E-state index in [0.717, 1.165) is 40.6 Å². The molecule has 8 nitrogen and oxygen atoms in total. The Morgan fingerprint density at radius 3 is 2.13 bits per heavy atom. The second-order valence-corrected chi connectivity index (χ2v) is 12.6. The van der Waals surface area contributed by atoms with Crippen LogP contribution in [-0.2, 0) is 16.1 Å². The number of pyridine rings is 1. The summed E-state index contributed by atoms with van der Waals surface area (Å²) in [6.07, 6.45) is 5.93.